The number of benzene rings is 1. The van der Waals surface area contributed by atoms with Crippen LogP contribution in [0, 0.1) is 12.8 Å². The number of carbonyl (C=O) groups is 3. The standard InChI is InChI=1S/C17H18N4O3S/c1-10-2-4-13(5-3-10)21-8-11(6-15(21)23)16(24)20-17-19-12(9-25-17)7-14(18)22/h2-5,9,11H,6-8H2,1H3,(H2,18,22)(H,19,20,24). The molecule has 2 aromatic rings. The lowest BCUT2D eigenvalue weighted by molar-refractivity contribution is -0.122. The smallest absolute Gasteiger partial charge is 0.231 e. The number of nitrogens with two attached hydrogens (primary N) is 1. The van der Waals surface area contributed by atoms with Crippen LogP contribution in [-0.2, 0) is 20.8 Å². The van der Waals surface area contributed by atoms with Gasteiger partial charge in [-0.2, -0.15) is 0 Å². The van der Waals surface area contributed by atoms with Crippen molar-refractivity contribution in [1.82, 2.24) is 4.98 Å². The van der Waals surface area contributed by atoms with E-state index in [1.54, 1.807) is 10.3 Å². The molecular weight excluding hydrogens is 340 g/mol. The van der Waals surface area contributed by atoms with Crippen molar-refractivity contribution >= 4 is 39.9 Å². The van der Waals surface area contributed by atoms with Crippen LogP contribution in [0.2, 0.25) is 0 Å². The summed E-state index contributed by atoms with van der Waals surface area (Å²) in [5.41, 5.74) is 7.56. The molecule has 1 atom stereocenters. The zero-order chi connectivity index (χ0) is 18.0. The molecule has 1 saturated heterocycles. The highest BCUT2D eigenvalue weighted by molar-refractivity contribution is 7.13. The lowest BCUT2D eigenvalue weighted by Gasteiger charge is -2.16. The number of aryl methyl sites for hydroxylation is 1. The highest BCUT2D eigenvalue weighted by Gasteiger charge is 2.35. The molecule has 1 aliphatic rings. The number of carbonyl (C=O) groups excluding carboxylic acids is 3. The molecule has 3 N–H and O–H groups in total. The van der Waals surface area contributed by atoms with Gasteiger partial charge in [-0.05, 0) is 19.1 Å². The van der Waals surface area contributed by atoms with E-state index in [2.05, 4.69) is 10.3 Å². The van der Waals surface area contributed by atoms with Gasteiger partial charge in [0.1, 0.15) is 0 Å². The molecule has 25 heavy (non-hydrogen) atoms. The Morgan fingerprint density at radius 3 is 2.76 bits per heavy atom. The van der Waals surface area contributed by atoms with E-state index in [1.165, 1.54) is 11.3 Å². The highest BCUT2D eigenvalue weighted by Crippen LogP contribution is 2.26. The number of aromatic nitrogens is 1. The highest BCUT2D eigenvalue weighted by atomic mass is 32.1. The quantitative estimate of drug-likeness (QED) is 0.844. The second kappa shape index (κ2) is 7.02. The molecule has 0 aliphatic carbocycles. The SMILES string of the molecule is Cc1ccc(N2CC(C(=O)Nc3nc(CC(N)=O)cs3)CC2=O)cc1. The Balaban J connectivity index is 1.63. The Morgan fingerprint density at radius 1 is 1.36 bits per heavy atom. The minimum atomic E-state index is -0.474. The number of nitrogens with one attached hydrogen (secondary N) is 1. The van der Waals surface area contributed by atoms with Crippen molar-refractivity contribution in [2.75, 3.05) is 16.8 Å². The van der Waals surface area contributed by atoms with Crippen LogP contribution >= 0.6 is 11.3 Å². The number of thiazole rings is 1. The van der Waals surface area contributed by atoms with Gasteiger partial charge in [-0.25, -0.2) is 4.98 Å². The first-order valence-corrected chi connectivity index (χ1v) is 8.71. The van der Waals surface area contributed by atoms with Crippen LogP contribution in [0.4, 0.5) is 10.8 Å². The number of anilines is 2. The second-order valence-electron chi connectivity index (χ2n) is 6.02. The predicted octanol–water partition coefficient (Wildman–Crippen LogP) is 1.47. The van der Waals surface area contributed by atoms with E-state index in [0.29, 0.717) is 17.4 Å². The molecule has 1 aliphatic heterocycles. The summed E-state index contributed by atoms with van der Waals surface area (Å²) in [6, 6.07) is 7.63. The average molecular weight is 358 g/mol. The van der Waals surface area contributed by atoms with E-state index in [9.17, 15) is 14.4 Å². The predicted molar refractivity (Wildman–Crippen MR) is 95.3 cm³/mol. The zero-order valence-electron chi connectivity index (χ0n) is 13.7. The van der Waals surface area contributed by atoms with Crippen molar-refractivity contribution in [3.05, 3.63) is 40.9 Å². The third kappa shape index (κ3) is 4.03. The number of primary amides is 1. The first-order chi connectivity index (χ1) is 11.9. The lowest BCUT2D eigenvalue weighted by Crippen LogP contribution is -2.28. The van der Waals surface area contributed by atoms with Crippen molar-refractivity contribution in [3.8, 4) is 0 Å². The summed E-state index contributed by atoms with van der Waals surface area (Å²) in [6.45, 7) is 2.32. The van der Waals surface area contributed by atoms with Crippen LogP contribution in [0.3, 0.4) is 0 Å². The van der Waals surface area contributed by atoms with Crippen molar-refractivity contribution in [2.45, 2.75) is 19.8 Å². The van der Waals surface area contributed by atoms with Crippen LogP contribution < -0.4 is 16.0 Å². The molecule has 3 amide bonds. The number of nitrogens with zero attached hydrogens (tertiary/aromatic N) is 2. The van der Waals surface area contributed by atoms with E-state index in [-0.39, 0.29) is 24.7 Å². The fourth-order valence-electron chi connectivity index (χ4n) is 2.69. The fraction of sp³-hybridized carbons (Fsp3) is 0.294. The topological polar surface area (TPSA) is 105 Å². The van der Waals surface area contributed by atoms with Gasteiger partial charge in [0, 0.05) is 24.0 Å². The molecule has 3 rings (SSSR count). The third-order valence-electron chi connectivity index (χ3n) is 3.98. The van der Waals surface area contributed by atoms with Crippen LogP contribution in [-0.4, -0.2) is 29.3 Å². The van der Waals surface area contributed by atoms with Gasteiger partial charge in [-0.15, -0.1) is 11.3 Å². The molecule has 8 heteroatoms. The fourth-order valence-corrected chi connectivity index (χ4v) is 3.40. The van der Waals surface area contributed by atoms with Crippen molar-refractivity contribution < 1.29 is 14.4 Å². The van der Waals surface area contributed by atoms with Crippen molar-refractivity contribution in [1.29, 1.82) is 0 Å². The summed E-state index contributed by atoms with van der Waals surface area (Å²) >= 11 is 1.23. The monoisotopic (exact) mass is 358 g/mol. The molecule has 0 bridgehead atoms. The van der Waals surface area contributed by atoms with Crippen LogP contribution in [0.15, 0.2) is 29.6 Å². The number of rotatable bonds is 5. The zero-order valence-corrected chi connectivity index (χ0v) is 14.5. The van der Waals surface area contributed by atoms with E-state index in [1.807, 2.05) is 31.2 Å². The number of hydrogen-bond donors (Lipinski definition) is 2. The van der Waals surface area contributed by atoms with Gasteiger partial charge in [0.2, 0.25) is 17.7 Å². The Kier molecular flexibility index (Phi) is 4.80. The van der Waals surface area contributed by atoms with Gasteiger partial charge in [-0.1, -0.05) is 17.7 Å². The molecule has 130 valence electrons. The van der Waals surface area contributed by atoms with Crippen LogP contribution in [0.1, 0.15) is 17.7 Å². The maximum Gasteiger partial charge on any atom is 0.231 e. The normalized spacial score (nSPS) is 16.9. The van der Waals surface area contributed by atoms with Crippen LogP contribution in [0.25, 0.3) is 0 Å². The number of hydrogen-bond acceptors (Lipinski definition) is 5. The lowest BCUT2D eigenvalue weighted by atomic mass is 10.1. The van der Waals surface area contributed by atoms with Crippen molar-refractivity contribution in [3.63, 3.8) is 0 Å². The third-order valence-corrected chi connectivity index (χ3v) is 4.79. The first kappa shape index (κ1) is 17.1. The largest absolute Gasteiger partial charge is 0.369 e. The molecule has 0 spiro atoms. The molecule has 0 saturated carbocycles. The summed E-state index contributed by atoms with van der Waals surface area (Å²) in [5.74, 6) is -1.23. The van der Waals surface area contributed by atoms with E-state index >= 15 is 0 Å². The van der Waals surface area contributed by atoms with Gasteiger partial charge >= 0.3 is 0 Å². The molecule has 1 unspecified atom stereocenters. The summed E-state index contributed by atoms with van der Waals surface area (Å²) in [7, 11) is 0. The Hall–Kier alpha value is -2.74. The van der Waals surface area contributed by atoms with E-state index in [4.69, 9.17) is 5.73 Å². The summed E-state index contributed by atoms with van der Waals surface area (Å²) in [6.07, 6.45) is 0.203. The molecule has 1 fully saturated rings. The van der Waals surface area contributed by atoms with Gasteiger partial charge in [0.05, 0.1) is 18.0 Å². The maximum atomic E-state index is 12.4. The molecule has 7 nitrogen and oxygen atoms in total. The minimum Gasteiger partial charge on any atom is -0.369 e. The Bertz CT molecular complexity index is 816. The van der Waals surface area contributed by atoms with E-state index < -0.39 is 11.8 Å². The van der Waals surface area contributed by atoms with Gasteiger partial charge < -0.3 is 16.0 Å². The molecule has 2 heterocycles. The molecule has 1 aromatic heterocycles. The Labute approximate surface area is 148 Å². The first-order valence-electron chi connectivity index (χ1n) is 7.83. The molecule has 0 radical (unpaired) electrons. The van der Waals surface area contributed by atoms with Gasteiger partial charge in [0.25, 0.3) is 0 Å². The molecular formula is C17H18N4O3S. The second-order valence-corrected chi connectivity index (χ2v) is 6.88. The average Bonchev–Trinajstić information content (AvgIpc) is 3.14. The summed E-state index contributed by atoms with van der Waals surface area (Å²) < 4.78 is 0. The van der Waals surface area contributed by atoms with E-state index in [0.717, 1.165) is 11.3 Å². The summed E-state index contributed by atoms with van der Waals surface area (Å²) in [4.78, 5) is 41.3. The maximum absolute atomic E-state index is 12.4. The van der Waals surface area contributed by atoms with Crippen molar-refractivity contribution in [2.24, 2.45) is 11.7 Å². The number of amides is 3. The Morgan fingerprint density at radius 2 is 2.08 bits per heavy atom. The van der Waals surface area contributed by atoms with Gasteiger partial charge in [0.15, 0.2) is 5.13 Å². The van der Waals surface area contributed by atoms with Gasteiger partial charge in [-0.3, -0.25) is 14.4 Å². The molecule has 1 aromatic carbocycles. The van der Waals surface area contributed by atoms with Crippen LogP contribution in [0.5, 0.6) is 0 Å². The minimum absolute atomic E-state index is 0.0372. The summed E-state index contributed by atoms with van der Waals surface area (Å²) in [5, 5.41) is 4.80.